The van der Waals surface area contributed by atoms with Crippen LogP contribution in [0, 0.1) is 0 Å². The van der Waals surface area contributed by atoms with E-state index in [4.69, 9.17) is 15.5 Å². The van der Waals surface area contributed by atoms with E-state index in [2.05, 4.69) is 20.5 Å². The van der Waals surface area contributed by atoms with Crippen LogP contribution in [0.15, 0.2) is 29.4 Å². The molecular weight excluding hydrogens is 484 g/mol. The van der Waals surface area contributed by atoms with Gasteiger partial charge in [0.15, 0.2) is 5.16 Å². The van der Waals surface area contributed by atoms with Gasteiger partial charge in [0, 0.05) is 29.9 Å². The molecule has 2 aromatic heterocycles. The minimum Gasteiger partial charge on any atom is -0.397 e. The van der Waals surface area contributed by atoms with Gasteiger partial charge in [-0.3, -0.25) is 14.5 Å². The molecule has 1 aromatic carbocycles. The number of nitrogens with zero attached hydrogens (tertiary/aromatic N) is 3. The van der Waals surface area contributed by atoms with Crippen molar-refractivity contribution in [3.8, 4) is 11.3 Å². The Labute approximate surface area is 212 Å². The Morgan fingerprint density at radius 2 is 1.97 bits per heavy atom. The molecule has 4 N–H and O–H groups in total. The number of nitrogen functional groups attached to an aromatic ring is 1. The van der Waals surface area contributed by atoms with E-state index < -0.39 is 5.54 Å². The lowest BCUT2D eigenvalue weighted by molar-refractivity contribution is -0.118. The molecular formula is C24H30N6O3S2. The Balaban J connectivity index is 1.67. The maximum absolute atomic E-state index is 12.9. The molecule has 3 aromatic rings. The van der Waals surface area contributed by atoms with E-state index in [0.29, 0.717) is 57.1 Å². The number of aromatic nitrogens is 2. The second-order valence-electron chi connectivity index (χ2n) is 9.31. The van der Waals surface area contributed by atoms with Gasteiger partial charge < -0.3 is 21.1 Å². The van der Waals surface area contributed by atoms with Crippen molar-refractivity contribution >= 4 is 56.5 Å². The third kappa shape index (κ3) is 6.10. The Kier molecular flexibility index (Phi) is 7.60. The molecule has 1 fully saturated rings. The van der Waals surface area contributed by atoms with E-state index >= 15 is 0 Å². The highest BCUT2D eigenvalue weighted by Crippen LogP contribution is 2.40. The van der Waals surface area contributed by atoms with Crippen molar-refractivity contribution in [3.05, 3.63) is 29.1 Å². The van der Waals surface area contributed by atoms with Gasteiger partial charge in [-0.05, 0) is 39.2 Å². The largest absolute Gasteiger partial charge is 0.397 e. The van der Waals surface area contributed by atoms with E-state index in [-0.39, 0.29) is 11.8 Å². The van der Waals surface area contributed by atoms with Crippen molar-refractivity contribution < 1.29 is 14.3 Å². The Morgan fingerprint density at radius 3 is 2.66 bits per heavy atom. The summed E-state index contributed by atoms with van der Waals surface area (Å²) in [5.74, 6) is -0.323. The van der Waals surface area contributed by atoms with Crippen LogP contribution in [-0.2, 0) is 9.53 Å². The Hall–Kier alpha value is -2.73. The van der Waals surface area contributed by atoms with Crippen molar-refractivity contribution in [2.75, 3.05) is 50.2 Å². The van der Waals surface area contributed by atoms with Crippen molar-refractivity contribution in [2.45, 2.75) is 31.5 Å². The second-order valence-corrected chi connectivity index (χ2v) is 11.1. The summed E-state index contributed by atoms with van der Waals surface area (Å²) in [6.07, 6.45) is 1.90. The summed E-state index contributed by atoms with van der Waals surface area (Å²) in [6.45, 7) is 8.84. The number of carbonyl (C=O) groups excluding carboxylic acids is 2. The zero-order valence-corrected chi connectivity index (χ0v) is 21.9. The smallest absolute Gasteiger partial charge is 0.263 e. The van der Waals surface area contributed by atoms with E-state index in [0.717, 1.165) is 18.7 Å². The highest BCUT2D eigenvalue weighted by molar-refractivity contribution is 7.98. The molecule has 0 saturated carbocycles. The maximum Gasteiger partial charge on any atom is 0.263 e. The predicted molar refractivity (Wildman–Crippen MR) is 142 cm³/mol. The SMILES string of the molecule is CSc1nc(-c2cccc(NC(=O)CN3CCOCC3)c2)c2c(N)c(C(=O)NC(C)(C)C)sc2n1. The van der Waals surface area contributed by atoms with Gasteiger partial charge in [0.25, 0.3) is 5.91 Å². The van der Waals surface area contributed by atoms with Crippen LogP contribution in [0.1, 0.15) is 30.4 Å². The fourth-order valence-corrected chi connectivity index (χ4v) is 5.19. The molecule has 0 radical (unpaired) electrons. The molecule has 35 heavy (non-hydrogen) atoms. The highest BCUT2D eigenvalue weighted by atomic mass is 32.2. The number of anilines is 2. The zero-order valence-electron chi connectivity index (χ0n) is 20.3. The van der Waals surface area contributed by atoms with Gasteiger partial charge in [-0.2, -0.15) is 0 Å². The molecule has 0 atom stereocenters. The third-order valence-electron chi connectivity index (χ3n) is 5.34. The molecule has 186 valence electrons. The van der Waals surface area contributed by atoms with Crippen LogP contribution in [0.2, 0.25) is 0 Å². The van der Waals surface area contributed by atoms with Gasteiger partial charge in [-0.15, -0.1) is 11.3 Å². The number of nitrogens with two attached hydrogens (primary N) is 1. The first-order valence-corrected chi connectivity index (χ1v) is 13.4. The first-order chi connectivity index (χ1) is 16.6. The van der Waals surface area contributed by atoms with Crippen LogP contribution in [0.5, 0.6) is 0 Å². The molecule has 1 aliphatic heterocycles. The number of carbonyl (C=O) groups is 2. The number of fused-ring (bicyclic) bond motifs is 1. The van der Waals surface area contributed by atoms with Crippen molar-refractivity contribution in [2.24, 2.45) is 0 Å². The minimum absolute atomic E-state index is 0.0853. The summed E-state index contributed by atoms with van der Waals surface area (Å²) in [5.41, 5.74) is 8.53. The summed E-state index contributed by atoms with van der Waals surface area (Å²) in [7, 11) is 0. The summed E-state index contributed by atoms with van der Waals surface area (Å²) in [5, 5.41) is 7.17. The van der Waals surface area contributed by atoms with Gasteiger partial charge in [-0.25, -0.2) is 9.97 Å². The van der Waals surface area contributed by atoms with Gasteiger partial charge in [-0.1, -0.05) is 23.9 Å². The summed E-state index contributed by atoms with van der Waals surface area (Å²) < 4.78 is 5.35. The van der Waals surface area contributed by atoms with Gasteiger partial charge in [0.2, 0.25) is 5.91 Å². The number of amides is 2. The molecule has 0 bridgehead atoms. The number of thiophene rings is 1. The normalized spacial score (nSPS) is 14.7. The first-order valence-electron chi connectivity index (χ1n) is 11.3. The van der Waals surface area contributed by atoms with Crippen molar-refractivity contribution in [3.63, 3.8) is 0 Å². The number of morpholine rings is 1. The van der Waals surface area contributed by atoms with Gasteiger partial charge in [0.05, 0.1) is 36.5 Å². The lowest BCUT2D eigenvalue weighted by atomic mass is 10.1. The number of nitrogens with one attached hydrogen (secondary N) is 2. The van der Waals surface area contributed by atoms with Gasteiger partial charge >= 0.3 is 0 Å². The number of rotatable bonds is 6. The van der Waals surface area contributed by atoms with E-state index in [1.165, 1.54) is 23.1 Å². The summed E-state index contributed by atoms with van der Waals surface area (Å²) in [4.78, 5) is 38.0. The lowest BCUT2D eigenvalue weighted by Gasteiger charge is -2.25. The molecule has 1 saturated heterocycles. The molecule has 0 spiro atoms. The fourth-order valence-electron chi connectivity index (χ4n) is 3.78. The molecule has 11 heteroatoms. The molecule has 2 amide bonds. The number of ether oxygens (including phenoxy) is 1. The molecule has 9 nitrogen and oxygen atoms in total. The number of hydrogen-bond acceptors (Lipinski definition) is 9. The van der Waals surface area contributed by atoms with Crippen LogP contribution in [0.4, 0.5) is 11.4 Å². The van der Waals surface area contributed by atoms with Crippen molar-refractivity contribution in [1.82, 2.24) is 20.2 Å². The fraction of sp³-hybridized carbons (Fsp3) is 0.417. The predicted octanol–water partition coefficient (Wildman–Crippen LogP) is 3.46. The molecule has 1 aliphatic rings. The van der Waals surface area contributed by atoms with E-state index in [1.807, 2.05) is 51.3 Å². The average Bonchev–Trinajstić information content (AvgIpc) is 3.14. The zero-order chi connectivity index (χ0) is 25.2. The van der Waals surface area contributed by atoms with Gasteiger partial charge in [0.1, 0.15) is 9.71 Å². The lowest BCUT2D eigenvalue weighted by Crippen LogP contribution is -2.41. The molecule has 4 rings (SSSR count). The highest BCUT2D eigenvalue weighted by Gasteiger charge is 2.25. The van der Waals surface area contributed by atoms with E-state index in [1.54, 1.807) is 0 Å². The molecule has 3 heterocycles. The first kappa shape index (κ1) is 25.4. The van der Waals surface area contributed by atoms with Crippen LogP contribution in [0.3, 0.4) is 0 Å². The molecule has 0 aliphatic carbocycles. The van der Waals surface area contributed by atoms with Crippen molar-refractivity contribution in [1.29, 1.82) is 0 Å². The number of thioether (sulfide) groups is 1. The standard InChI is InChI=1S/C24H30N6O3S2/c1-24(2,3)29-21(32)20-18(25)17-19(27-23(34-4)28-22(17)35-20)14-6-5-7-15(12-14)26-16(31)13-30-8-10-33-11-9-30/h5-7,12H,8-11,13,25H2,1-4H3,(H,26,31)(H,29,32). The minimum atomic E-state index is -0.396. The Morgan fingerprint density at radius 1 is 1.23 bits per heavy atom. The van der Waals surface area contributed by atoms with Crippen LogP contribution in [-0.4, -0.2) is 71.3 Å². The quantitative estimate of drug-likeness (QED) is 0.338. The van der Waals surface area contributed by atoms with Crippen LogP contribution >= 0.6 is 23.1 Å². The summed E-state index contributed by atoms with van der Waals surface area (Å²) in [6, 6.07) is 7.49. The topological polar surface area (TPSA) is 122 Å². The maximum atomic E-state index is 12.9. The molecule has 0 unspecified atom stereocenters. The monoisotopic (exact) mass is 514 g/mol. The summed E-state index contributed by atoms with van der Waals surface area (Å²) >= 11 is 2.68. The van der Waals surface area contributed by atoms with E-state index in [9.17, 15) is 9.59 Å². The van der Waals surface area contributed by atoms with Crippen LogP contribution in [0.25, 0.3) is 21.5 Å². The average molecular weight is 515 g/mol. The number of benzene rings is 1. The Bertz CT molecular complexity index is 1250. The van der Waals surface area contributed by atoms with Crippen LogP contribution < -0.4 is 16.4 Å². The number of hydrogen-bond donors (Lipinski definition) is 3. The second kappa shape index (κ2) is 10.5. The third-order valence-corrected chi connectivity index (χ3v) is 6.98.